The van der Waals surface area contributed by atoms with Crippen LogP contribution in [0.5, 0.6) is 5.75 Å². The molecule has 2 aromatic heterocycles. The SMILES string of the molecule is Cc1cc(Nc2nc(Nc3ccccc3S(=O)(=O)C(C)C)c3c(C)[nH]cc3n2)c(OC(C)C)cc1C1CCN(C(=O)CBr)CC1. The number of fused-ring (bicyclic) bond motifs is 1. The molecule has 240 valence electrons. The zero-order chi connectivity index (χ0) is 32.5. The summed E-state index contributed by atoms with van der Waals surface area (Å²) in [6, 6.07) is 11.1. The third kappa shape index (κ3) is 6.96. The Balaban J connectivity index is 1.50. The second-order valence-electron chi connectivity index (χ2n) is 12.1. The molecule has 1 aliphatic rings. The number of hydrogen-bond donors (Lipinski definition) is 3. The van der Waals surface area contributed by atoms with Crippen molar-refractivity contribution < 1.29 is 17.9 Å². The number of sulfone groups is 1. The molecule has 1 aliphatic heterocycles. The molecule has 2 aromatic carbocycles. The van der Waals surface area contributed by atoms with Crippen LogP contribution in [0.1, 0.15) is 63.3 Å². The Morgan fingerprint density at radius 2 is 1.78 bits per heavy atom. The zero-order valence-electron chi connectivity index (χ0n) is 26.6. The first-order valence-corrected chi connectivity index (χ1v) is 17.9. The monoisotopic (exact) mass is 696 g/mol. The van der Waals surface area contributed by atoms with Gasteiger partial charge in [-0.3, -0.25) is 4.79 Å². The van der Waals surface area contributed by atoms with Crippen LogP contribution in [0.3, 0.4) is 0 Å². The van der Waals surface area contributed by atoms with E-state index in [1.807, 2.05) is 31.9 Å². The maximum atomic E-state index is 13.2. The first-order chi connectivity index (χ1) is 21.4. The molecule has 0 atom stereocenters. The van der Waals surface area contributed by atoms with Gasteiger partial charge in [0.15, 0.2) is 9.84 Å². The number of halogens is 1. The maximum Gasteiger partial charge on any atom is 0.233 e. The molecule has 1 amide bonds. The van der Waals surface area contributed by atoms with Crippen LogP contribution in [0.4, 0.5) is 23.1 Å². The van der Waals surface area contributed by atoms with Gasteiger partial charge in [0.05, 0.1) is 43.9 Å². The van der Waals surface area contributed by atoms with Crippen LogP contribution in [0.2, 0.25) is 0 Å². The standard InChI is InChI=1S/C33H41BrN6O4S/c1-19(2)44-28-16-24(23-11-13-40(14-12-23)30(41)17-34)21(5)15-26(28)37-33-38-27-18-35-22(6)31(27)32(39-33)36-25-9-7-8-10-29(25)45(42,43)20(3)4/h7-10,15-16,18-20,23,35H,11-14,17H2,1-6H3,(H2,36,37,38,39). The van der Waals surface area contributed by atoms with Gasteiger partial charge in [-0.05, 0) is 95.7 Å². The van der Waals surface area contributed by atoms with E-state index in [2.05, 4.69) is 50.6 Å². The minimum absolute atomic E-state index is 0.0631. The first-order valence-electron chi connectivity index (χ1n) is 15.3. The van der Waals surface area contributed by atoms with E-state index in [1.54, 1.807) is 38.1 Å². The highest BCUT2D eigenvalue weighted by Crippen LogP contribution is 2.39. The highest BCUT2D eigenvalue weighted by molar-refractivity contribution is 9.09. The summed E-state index contributed by atoms with van der Waals surface area (Å²) in [5.74, 6) is 1.97. The van der Waals surface area contributed by atoms with Crippen LogP contribution in [0.25, 0.3) is 10.9 Å². The van der Waals surface area contributed by atoms with Crippen LogP contribution in [-0.4, -0.2) is 64.0 Å². The Bertz CT molecular complexity index is 1810. The molecule has 3 heterocycles. The van der Waals surface area contributed by atoms with Gasteiger partial charge in [0.1, 0.15) is 11.6 Å². The van der Waals surface area contributed by atoms with Crippen LogP contribution in [-0.2, 0) is 14.6 Å². The molecule has 0 bridgehead atoms. The smallest absolute Gasteiger partial charge is 0.233 e. The number of ether oxygens (including phenoxy) is 1. The number of benzene rings is 2. The van der Waals surface area contributed by atoms with Gasteiger partial charge in [-0.2, -0.15) is 4.98 Å². The van der Waals surface area contributed by atoms with Crippen molar-refractivity contribution in [1.29, 1.82) is 0 Å². The number of carbonyl (C=O) groups is 1. The molecule has 1 saturated heterocycles. The van der Waals surface area contributed by atoms with E-state index >= 15 is 0 Å². The summed E-state index contributed by atoms with van der Waals surface area (Å²) in [7, 11) is -3.55. The van der Waals surface area contributed by atoms with Crippen LogP contribution in [0, 0.1) is 13.8 Å². The van der Waals surface area contributed by atoms with Crippen molar-refractivity contribution in [2.75, 3.05) is 29.1 Å². The van der Waals surface area contributed by atoms with Crippen LogP contribution in [0.15, 0.2) is 47.5 Å². The zero-order valence-corrected chi connectivity index (χ0v) is 29.0. The summed E-state index contributed by atoms with van der Waals surface area (Å²) in [5.41, 5.74) is 5.05. The summed E-state index contributed by atoms with van der Waals surface area (Å²) in [5, 5.41) is 7.24. The maximum absolute atomic E-state index is 13.2. The van der Waals surface area contributed by atoms with Gasteiger partial charge in [-0.25, -0.2) is 13.4 Å². The molecule has 0 aliphatic carbocycles. The minimum Gasteiger partial charge on any atom is -0.489 e. The molecular weight excluding hydrogens is 656 g/mol. The molecular formula is C33H41BrN6O4S. The normalized spacial score (nSPS) is 14.4. The van der Waals surface area contributed by atoms with E-state index < -0.39 is 15.1 Å². The summed E-state index contributed by atoms with van der Waals surface area (Å²) in [6.45, 7) is 12.8. The third-order valence-corrected chi connectivity index (χ3v) is 10.9. The average Bonchev–Trinajstić information content (AvgIpc) is 3.38. The molecule has 1 fully saturated rings. The number of nitrogens with one attached hydrogen (secondary N) is 3. The molecule has 12 heteroatoms. The summed E-state index contributed by atoms with van der Waals surface area (Å²) < 4.78 is 32.6. The van der Waals surface area contributed by atoms with E-state index in [1.165, 1.54) is 5.56 Å². The fraction of sp³-hybridized carbons (Fsp3) is 0.424. The number of aromatic amines is 1. The Morgan fingerprint density at radius 1 is 1.07 bits per heavy atom. The quantitative estimate of drug-likeness (QED) is 0.149. The number of aryl methyl sites for hydroxylation is 2. The van der Waals surface area contributed by atoms with Gasteiger partial charge in [0.25, 0.3) is 0 Å². The Hall–Kier alpha value is -3.64. The van der Waals surface area contributed by atoms with E-state index in [-0.39, 0.29) is 16.9 Å². The summed E-state index contributed by atoms with van der Waals surface area (Å²) in [6.07, 6.45) is 3.53. The van der Waals surface area contributed by atoms with Gasteiger partial charge in [0.2, 0.25) is 11.9 Å². The highest BCUT2D eigenvalue weighted by Gasteiger charge is 2.27. The highest BCUT2D eigenvalue weighted by atomic mass is 79.9. The number of carbonyl (C=O) groups excluding carboxylic acids is 1. The number of H-pyrrole nitrogens is 1. The fourth-order valence-corrected chi connectivity index (χ4v) is 7.34. The van der Waals surface area contributed by atoms with Gasteiger partial charge in [-0.1, -0.05) is 28.1 Å². The van der Waals surface area contributed by atoms with Gasteiger partial charge >= 0.3 is 0 Å². The summed E-state index contributed by atoms with van der Waals surface area (Å²) in [4.78, 5) is 27.2. The van der Waals surface area contributed by atoms with Crippen molar-refractivity contribution in [2.24, 2.45) is 0 Å². The van der Waals surface area contributed by atoms with Crippen LogP contribution < -0.4 is 15.4 Å². The number of piperidine rings is 1. The molecule has 0 saturated carbocycles. The number of rotatable bonds is 10. The third-order valence-electron chi connectivity index (χ3n) is 8.18. The number of nitrogens with zero attached hydrogens (tertiary/aromatic N) is 3. The van der Waals surface area contributed by atoms with E-state index in [9.17, 15) is 13.2 Å². The topological polar surface area (TPSA) is 129 Å². The number of hydrogen-bond acceptors (Lipinski definition) is 8. The predicted molar refractivity (Wildman–Crippen MR) is 183 cm³/mol. The Kier molecular flexibility index (Phi) is 9.74. The molecule has 3 N–H and O–H groups in total. The van der Waals surface area contributed by atoms with Crippen LogP contribution >= 0.6 is 15.9 Å². The van der Waals surface area contributed by atoms with Crippen molar-refractivity contribution in [1.82, 2.24) is 19.9 Å². The number of para-hydroxylation sites is 1. The Labute approximate surface area is 273 Å². The van der Waals surface area contributed by atoms with Gasteiger partial charge < -0.3 is 25.3 Å². The number of alkyl halides is 1. The first kappa shape index (κ1) is 32.7. The lowest BCUT2D eigenvalue weighted by Crippen LogP contribution is -2.38. The number of amides is 1. The van der Waals surface area contributed by atoms with Crippen molar-refractivity contribution in [3.8, 4) is 5.75 Å². The fourth-order valence-electron chi connectivity index (χ4n) is 5.78. The molecule has 0 spiro atoms. The van der Waals surface area contributed by atoms with E-state index in [0.29, 0.717) is 40.0 Å². The van der Waals surface area contributed by atoms with Crippen molar-refractivity contribution in [3.63, 3.8) is 0 Å². The molecule has 0 unspecified atom stereocenters. The molecule has 45 heavy (non-hydrogen) atoms. The second-order valence-corrected chi connectivity index (χ2v) is 15.1. The molecule has 10 nitrogen and oxygen atoms in total. The minimum atomic E-state index is -3.55. The predicted octanol–water partition coefficient (Wildman–Crippen LogP) is 7.13. The Morgan fingerprint density at radius 3 is 2.44 bits per heavy atom. The van der Waals surface area contributed by atoms with E-state index in [0.717, 1.165) is 48.3 Å². The molecule has 4 aromatic rings. The summed E-state index contributed by atoms with van der Waals surface area (Å²) >= 11 is 3.29. The van der Waals surface area contributed by atoms with Gasteiger partial charge in [0, 0.05) is 25.0 Å². The number of likely N-dealkylation sites (tertiary alicyclic amines) is 1. The van der Waals surface area contributed by atoms with Crippen molar-refractivity contribution in [2.45, 2.75) is 76.6 Å². The molecule has 5 rings (SSSR count). The number of aromatic nitrogens is 3. The second kappa shape index (κ2) is 13.4. The van der Waals surface area contributed by atoms with E-state index in [4.69, 9.17) is 14.7 Å². The van der Waals surface area contributed by atoms with Gasteiger partial charge in [-0.15, -0.1) is 0 Å². The van der Waals surface area contributed by atoms with Crippen molar-refractivity contribution in [3.05, 3.63) is 59.4 Å². The lowest BCUT2D eigenvalue weighted by Gasteiger charge is -2.33. The largest absolute Gasteiger partial charge is 0.489 e. The molecule has 0 radical (unpaired) electrons. The average molecular weight is 698 g/mol. The lowest BCUT2D eigenvalue weighted by molar-refractivity contribution is -0.129. The van der Waals surface area contributed by atoms with Crippen molar-refractivity contribution >= 4 is 65.7 Å². The lowest BCUT2D eigenvalue weighted by atomic mass is 9.86. The number of anilines is 4.